The van der Waals surface area contributed by atoms with Crippen molar-refractivity contribution >= 4 is 12.6 Å². The van der Waals surface area contributed by atoms with E-state index in [1.54, 1.807) is 0 Å². The van der Waals surface area contributed by atoms with Crippen LogP contribution in [0.1, 0.15) is 70.3 Å². The Morgan fingerprint density at radius 3 is 2.29 bits per heavy atom. The molecule has 0 amide bonds. The van der Waals surface area contributed by atoms with E-state index in [1.807, 2.05) is 4.57 Å². The summed E-state index contributed by atoms with van der Waals surface area (Å²) in [5, 5.41) is 19.8. The largest absolute Gasteiger partial charge is 0.373 e. The lowest BCUT2D eigenvalue weighted by molar-refractivity contribution is -0.0181. The van der Waals surface area contributed by atoms with Crippen molar-refractivity contribution in [3.8, 4) is 0 Å². The summed E-state index contributed by atoms with van der Waals surface area (Å²) in [6.45, 7) is 2.09. The van der Waals surface area contributed by atoms with Gasteiger partial charge in [-0.2, -0.15) is 0 Å². The summed E-state index contributed by atoms with van der Waals surface area (Å²) in [6, 6.07) is 0. The molecule has 1 aromatic rings. The number of rotatable bonds is 4. The van der Waals surface area contributed by atoms with Gasteiger partial charge in [0.25, 0.3) is 0 Å². The Bertz CT molecular complexity index is 506. The summed E-state index contributed by atoms with van der Waals surface area (Å²) in [7, 11) is 0. The fraction of sp³-hybridized carbons (Fsp3) is 0.875. The first-order valence-electron chi connectivity index (χ1n) is 8.43. The molecule has 0 radical (unpaired) electrons. The molecule has 4 bridgehead atoms. The van der Waals surface area contributed by atoms with Crippen LogP contribution in [0.2, 0.25) is 0 Å². The van der Waals surface area contributed by atoms with E-state index < -0.39 is 6.23 Å². The summed E-state index contributed by atoms with van der Waals surface area (Å²) in [6.07, 6.45) is 9.13. The molecule has 0 spiro atoms. The molecule has 4 aliphatic carbocycles. The molecule has 4 saturated carbocycles. The Labute approximate surface area is 131 Å². The first kappa shape index (κ1) is 14.1. The minimum absolute atomic E-state index is 0.164. The molecule has 1 atom stereocenters. The van der Waals surface area contributed by atoms with Crippen molar-refractivity contribution in [2.45, 2.75) is 75.1 Å². The van der Waals surface area contributed by atoms with Crippen LogP contribution in [-0.4, -0.2) is 19.9 Å². The third kappa shape index (κ3) is 2.15. The first-order chi connectivity index (χ1) is 10.1. The Kier molecular flexibility index (Phi) is 3.34. The van der Waals surface area contributed by atoms with Gasteiger partial charge in [0.15, 0.2) is 5.16 Å². The maximum Gasteiger partial charge on any atom is 0.190 e. The maximum absolute atomic E-state index is 10.5. The highest BCUT2D eigenvalue weighted by Crippen LogP contribution is 2.60. The Morgan fingerprint density at radius 2 is 1.76 bits per heavy atom. The van der Waals surface area contributed by atoms with Gasteiger partial charge in [-0.25, -0.2) is 0 Å². The van der Waals surface area contributed by atoms with E-state index in [0.717, 1.165) is 36.4 Å². The van der Waals surface area contributed by atoms with Gasteiger partial charge in [-0.3, -0.25) is 4.57 Å². The molecule has 4 nitrogen and oxygen atoms in total. The third-order valence-corrected chi connectivity index (χ3v) is 6.34. The van der Waals surface area contributed by atoms with Gasteiger partial charge in [-0.1, -0.05) is 13.3 Å². The van der Waals surface area contributed by atoms with Crippen LogP contribution in [0.3, 0.4) is 0 Å². The molecule has 116 valence electrons. The molecule has 1 heterocycles. The van der Waals surface area contributed by atoms with Gasteiger partial charge >= 0.3 is 0 Å². The molecule has 0 saturated heterocycles. The number of thiol groups is 1. The van der Waals surface area contributed by atoms with Crippen LogP contribution in [0.4, 0.5) is 0 Å². The lowest BCUT2D eigenvalue weighted by Crippen LogP contribution is -2.50. The summed E-state index contributed by atoms with van der Waals surface area (Å²) >= 11 is 4.45. The second-order valence-electron chi connectivity index (χ2n) is 7.66. The van der Waals surface area contributed by atoms with E-state index in [4.69, 9.17) is 0 Å². The average molecular weight is 307 g/mol. The Morgan fingerprint density at radius 1 is 1.19 bits per heavy atom. The van der Waals surface area contributed by atoms with Gasteiger partial charge in [-0.15, -0.1) is 22.8 Å². The van der Waals surface area contributed by atoms with Crippen molar-refractivity contribution in [3.63, 3.8) is 0 Å². The van der Waals surface area contributed by atoms with Gasteiger partial charge < -0.3 is 5.11 Å². The van der Waals surface area contributed by atoms with Gasteiger partial charge in [0.05, 0.1) is 0 Å². The van der Waals surface area contributed by atoms with Crippen LogP contribution >= 0.6 is 12.6 Å². The van der Waals surface area contributed by atoms with Crippen LogP contribution in [-0.2, 0) is 5.41 Å². The normalized spacial score (nSPS) is 38.9. The monoisotopic (exact) mass is 307 g/mol. The molecular formula is C16H25N3OS. The van der Waals surface area contributed by atoms with Crippen LogP contribution in [0.25, 0.3) is 0 Å². The predicted molar refractivity (Wildman–Crippen MR) is 83.3 cm³/mol. The highest BCUT2D eigenvalue weighted by molar-refractivity contribution is 7.80. The minimum atomic E-state index is -0.527. The fourth-order valence-electron chi connectivity index (χ4n) is 5.69. The SMILES string of the molecule is CCCC(O)n1c(S)nnc1C12CC3CC(CC(C3)C1)C2. The molecular weight excluding hydrogens is 282 g/mol. The van der Waals surface area contributed by atoms with E-state index >= 15 is 0 Å². The summed E-state index contributed by atoms with van der Waals surface area (Å²) in [5.74, 6) is 3.63. The molecule has 0 aliphatic heterocycles. The molecule has 21 heavy (non-hydrogen) atoms. The molecule has 1 aromatic heterocycles. The molecule has 1 N–H and O–H groups in total. The standard InChI is InChI=1S/C16H25N3OS/c1-2-3-13(20)19-14(17-18-15(19)21)16-7-10-4-11(8-16)6-12(5-10)9-16/h10-13,20H,2-9H2,1H3,(H,18,21). The molecule has 1 unspecified atom stereocenters. The third-order valence-electron chi connectivity index (χ3n) is 6.04. The number of aromatic nitrogens is 3. The Balaban J connectivity index is 1.73. The average Bonchev–Trinajstić information content (AvgIpc) is 2.80. The summed E-state index contributed by atoms with van der Waals surface area (Å²) in [5.41, 5.74) is 0.164. The lowest BCUT2D eigenvalue weighted by Gasteiger charge is -2.56. The number of hydrogen-bond acceptors (Lipinski definition) is 4. The van der Waals surface area contributed by atoms with Gasteiger partial charge in [-0.05, 0) is 62.7 Å². The van der Waals surface area contributed by atoms with E-state index in [2.05, 4.69) is 29.7 Å². The van der Waals surface area contributed by atoms with Gasteiger partial charge in [0.1, 0.15) is 12.1 Å². The minimum Gasteiger partial charge on any atom is -0.373 e. The number of nitrogens with zero attached hydrogens (tertiary/aromatic N) is 3. The van der Waals surface area contributed by atoms with E-state index in [0.29, 0.717) is 5.16 Å². The molecule has 0 aromatic carbocycles. The topological polar surface area (TPSA) is 50.9 Å². The highest BCUT2D eigenvalue weighted by Gasteiger charge is 2.54. The molecule has 5 rings (SSSR count). The van der Waals surface area contributed by atoms with Crippen molar-refractivity contribution in [3.05, 3.63) is 5.82 Å². The lowest BCUT2D eigenvalue weighted by atomic mass is 9.49. The van der Waals surface area contributed by atoms with E-state index in [-0.39, 0.29) is 5.41 Å². The van der Waals surface area contributed by atoms with E-state index in [1.165, 1.54) is 38.5 Å². The van der Waals surface area contributed by atoms with Crippen molar-refractivity contribution < 1.29 is 5.11 Å². The van der Waals surface area contributed by atoms with Crippen molar-refractivity contribution in [1.29, 1.82) is 0 Å². The maximum atomic E-state index is 10.5. The number of aliphatic hydroxyl groups excluding tert-OH is 1. The van der Waals surface area contributed by atoms with E-state index in [9.17, 15) is 5.11 Å². The fourth-order valence-corrected chi connectivity index (χ4v) is 5.96. The smallest absolute Gasteiger partial charge is 0.190 e. The zero-order chi connectivity index (χ0) is 14.6. The first-order valence-corrected chi connectivity index (χ1v) is 8.88. The van der Waals surface area contributed by atoms with Crippen LogP contribution < -0.4 is 0 Å². The van der Waals surface area contributed by atoms with Gasteiger partial charge in [0.2, 0.25) is 0 Å². The molecule has 4 fully saturated rings. The summed E-state index contributed by atoms with van der Waals surface area (Å²) < 4.78 is 1.92. The van der Waals surface area contributed by atoms with Crippen LogP contribution in [0, 0.1) is 17.8 Å². The van der Waals surface area contributed by atoms with Gasteiger partial charge in [0, 0.05) is 5.41 Å². The van der Waals surface area contributed by atoms with Crippen LogP contribution in [0.5, 0.6) is 0 Å². The summed E-state index contributed by atoms with van der Waals surface area (Å²) in [4.78, 5) is 0. The quantitative estimate of drug-likeness (QED) is 0.839. The number of hydrogen-bond donors (Lipinski definition) is 2. The zero-order valence-corrected chi connectivity index (χ0v) is 13.6. The van der Waals surface area contributed by atoms with Crippen molar-refractivity contribution in [2.24, 2.45) is 17.8 Å². The molecule has 5 heteroatoms. The molecule has 4 aliphatic rings. The van der Waals surface area contributed by atoms with Crippen molar-refractivity contribution in [2.75, 3.05) is 0 Å². The zero-order valence-electron chi connectivity index (χ0n) is 12.7. The second-order valence-corrected chi connectivity index (χ2v) is 8.06. The van der Waals surface area contributed by atoms with Crippen LogP contribution in [0.15, 0.2) is 5.16 Å². The Hall–Kier alpha value is -0.550. The van der Waals surface area contributed by atoms with Crippen molar-refractivity contribution in [1.82, 2.24) is 14.8 Å². The second kappa shape index (κ2) is 4.98. The number of aliphatic hydroxyl groups is 1. The predicted octanol–water partition coefficient (Wildman–Crippen LogP) is 3.33. The highest BCUT2D eigenvalue weighted by atomic mass is 32.1.